The molecule has 1 heterocycles. The van der Waals surface area contributed by atoms with Crippen LogP contribution in [0.2, 0.25) is 5.02 Å². The van der Waals surface area contributed by atoms with Crippen LogP contribution in [0.3, 0.4) is 0 Å². The molecule has 0 saturated carbocycles. The number of nitrogens with one attached hydrogen (secondary N) is 1. The number of ether oxygens (including phenoxy) is 1. The lowest BCUT2D eigenvalue weighted by Crippen LogP contribution is -2.22. The number of halogens is 1. The summed E-state index contributed by atoms with van der Waals surface area (Å²) in [5.74, 6) is -1.04. The molecule has 0 spiro atoms. The normalized spacial score (nSPS) is 10.4. The summed E-state index contributed by atoms with van der Waals surface area (Å²) < 4.78 is 6.58. The van der Waals surface area contributed by atoms with Gasteiger partial charge in [-0.2, -0.15) is 5.10 Å². The van der Waals surface area contributed by atoms with Crippen molar-refractivity contribution in [2.24, 2.45) is 0 Å². The molecule has 3 rings (SSSR count). The number of rotatable bonds is 5. The first-order valence-corrected chi connectivity index (χ1v) is 8.09. The minimum Gasteiger partial charge on any atom is -0.452 e. The van der Waals surface area contributed by atoms with E-state index in [1.54, 1.807) is 43.3 Å². The van der Waals surface area contributed by atoms with Crippen LogP contribution in [0.1, 0.15) is 15.9 Å². The number of aromatic nitrogens is 3. The molecule has 132 valence electrons. The molecule has 0 aliphatic rings. The van der Waals surface area contributed by atoms with Crippen LogP contribution < -0.4 is 5.32 Å². The van der Waals surface area contributed by atoms with Crippen LogP contribution in [-0.2, 0) is 9.53 Å². The summed E-state index contributed by atoms with van der Waals surface area (Å²) in [6, 6.07) is 12.0. The molecule has 1 amide bonds. The summed E-state index contributed by atoms with van der Waals surface area (Å²) in [5, 5.41) is 7.15. The molecule has 0 atom stereocenters. The van der Waals surface area contributed by atoms with Gasteiger partial charge in [0.1, 0.15) is 12.7 Å². The number of hydrogen-bond acceptors (Lipinski definition) is 5. The number of benzene rings is 2. The molecule has 0 unspecified atom stereocenters. The lowest BCUT2D eigenvalue weighted by atomic mass is 10.1. The van der Waals surface area contributed by atoms with E-state index in [0.717, 1.165) is 5.56 Å². The van der Waals surface area contributed by atoms with E-state index in [1.165, 1.54) is 17.3 Å². The molecule has 1 N–H and O–H groups in total. The molecule has 8 heteroatoms. The van der Waals surface area contributed by atoms with Gasteiger partial charge in [0.2, 0.25) is 0 Å². The molecular formula is C18H15ClN4O3. The van der Waals surface area contributed by atoms with Gasteiger partial charge in [0.05, 0.1) is 16.9 Å². The highest BCUT2D eigenvalue weighted by molar-refractivity contribution is 6.31. The van der Waals surface area contributed by atoms with Gasteiger partial charge in [0.15, 0.2) is 6.61 Å². The summed E-state index contributed by atoms with van der Waals surface area (Å²) >= 11 is 6.00. The van der Waals surface area contributed by atoms with Crippen molar-refractivity contribution in [2.45, 2.75) is 6.92 Å². The zero-order valence-electron chi connectivity index (χ0n) is 13.8. The quantitative estimate of drug-likeness (QED) is 0.698. The number of anilines is 1. The van der Waals surface area contributed by atoms with E-state index in [1.807, 2.05) is 6.07 Å². The molecule has 0 aliphatic heterocycles. The van der Waals surface area contributed by atoms with E-state index in [2.05, 4.69) is 15.4 Å². The Bertz CT molecular complexity index is 941. The van der Waals surface area contributed by atoms with Crippen LogP contribution in [0.4, 0.5) is 5.69 Å². The molecule has 7 nitrogen and oxygen atoms in total. The van der Waals surface area contributed by atoms with Gasteiger partial charge in [-0.05, 0) is 36.8 Å². The van der Waals surface area contributed by atoms with Crippen LogP contribution in [-0.4, -0.2) is 33.2 Å². The fraction of sp³-hybridized carbons (Fsp3) is 0.111. The number of esters is 1. The van der Waals surface area contributed by atoms with Crippen molar-refractivity contribution >= 4 is 29.2 Å². The van der Waals surface area contributed by atoms with E-state index in [9.17, 15) is 9.59 Å². The highest BCUT2D eigenvalue weighted by atomic mass is 35.5. The van der Waals surface area contributed by atoms with E-state index in [4.69, 9.17) is 16.3 Å². The van der Waals surface area contributed by atoms with Crippen LogP contribution in [0, 0.1) is 6.92 Å². The van der Waals surface area contributed by atoms with Crippen molar-refractivity contribution in [3.63, 3.8) is 0 Å². The van der Waals surface area contributed by atoms with E-state index in [-0.39, 0.29) is 0 Å². The number of amides is 1. The Morgan fingerprint density at radius 3 is 2.77 bits per heavy atom. The first-order valence-electron chi connectivity index (χ1n) is 7.72. The van der Waals surface area contributed by atoms with Gasteiger partial charge >= 0.3 is 5.97 Å². The summed E-state index contributed by atoms with van der Waals surface area (Å²) in [6.45, 7) is 1.38. The van der Waals surface area contributed by atoms with E-state index in [0.29, 0.717) is 22.0 Å². The second kappa shape index (κ2) is 7.79. The van der Waals surface area contributed by atoms with E-state index >= 15 is 0 Å². The molecular weight excluding hydrogens is 356 g/mol. The fourth-order valence-electron chi connectivity index (χ4n) is 2.34. The summed E-state index contributed by atoms with van der Waals surface area (Å²) in [6.07, 6.45) is 2.88. The summed E-state index contributed by atoms with van der Waals surface area (Å²) in [4.78, 5) is 28.2. The average molecular weight is 371 g/mol. The number of aryl methyl sites for hydroxylation is 1. The monoisotopic (exact) mass is 370 g/mol. The highest BCUT2D eigenvalue weighted by Crippen LogP contribution is 2.23. The second-order valence-electron chi connectivity index (χ2n) is 5.44. The molecule has 2 aromatic carbocycles. The average Bonchev–Trinajstić information content (AvgIpc) is 3.14. The maximum Gasteiger partial charge on any atom is 0.338 e. The Labute approximate surface area is 154 Å². The Kier molecular flexibility index (Phi) is 5.28. The third kappa shape index (κ3) is 4.07. The smallest absolute Gasteiger partial charge is 0.338 e. The zero-order valence-corrected chi connectivity index (χ0v) is 14.6. The molecule has 26 heavy (non-hydrogen) atoms. The maximum atomic E-state index is 12.2. The number of carbonyl (C=O) groups is 2. The summed E-state index contributed by atoms with van der Waals surface area (Å²) in [5.41, 5.74) is 2.22. The Balaban J connectivity index is 1.68. The van der Waals surface area contributed by atoms with Crippen molar-refractivity contribution in [1.29, 1.82) is 0 Å². The van der Waals surface area contributed by atoms with Crippen molar-refractivity contribution < 1.29 is 14.3 Å². The molecule has 0 bridgehead atoms. The molecule has 0 radical (unpaired) electrons. The topological polar surface area (TPSA) is 86.1 Å². The highest BCUT2D eigenvalue weighted by Gasteiger charge is 2.14. The first-order chi connectivity index (χ1) is 12.5. The fourth-order valence-corrected chi connectivity index (χ4v) is 2.51. The van der Waals surface area contributed by atoms with Crippen LogP contribution >= 0.6 is 11.6 Å². The van der Waals surface area contributed by atoms with Crippen molar-refractivity contribution in [1.82, 2.24) is 14.8 Å². The van der Waals surface area contributed by atoms with Gasteiger partial charge in [0.25, 0.3) is 5.91 Å². The molecule has 0 aliphatic carbocycles. The molecule has 0 fully saturated rings. The lowest BCUT2D eigenvalue weighted by Gasteiger charge is -2.12. The Hall–Kier alpha value is -3.19. The van der Waals surface area contributed by atoms with Gasteiger partial charge < -0.3 is 10.1 Å². The lowest BCUT2D eigenvalue weighted by molar-refractivity contribution is -0.119. The largest absolute Gasteiger partial charge is 0.452 e. The molecule has 3 aromatic rings. The third-order valence-electron chi connectivity index (χ3n) is 3.60. The first kappa shape index (κ1) is 17.6. The van der Waals surface area contributed by atoms with Gasteiger partial charge in [-0.15, -0.1) is 0 Å². The van der Waals surface area contributed by atoms with Crippen molar-refractivity contribution in [3.8, 4) is 5.69 Å². The van der Waals surface area contributed by atoms with Crippen molar-refractivity contribution in [2.75, 3.05) is 11.9 Å². The SMILES string of the molecule is Cc1ccccc1C(=O)OCC(=O)Nc1cc(Cl)ccc1-n1cncn1. The second-order valence-corrected chi connectivity index (χ2v) is 5.88. The zero-order chi connectivity index (χ0) is 18.5. The number of nitrogens with zero attached hydrogens (tertiary/aromatic N) is 3. The maximum absolute atomic E-state index is 12.2. The van der Waals surface area contributed by atoms with Crippen LogP contribution in [0.25, 0.3) is 5.69 Å². The Morgan fingerprint density at radius 2 is 2.04 bits per heavy atom. The van der Waals surface area contributed by atoms with Gasteiger partial charge in [0, 0.05) is 5.02 Å². The Morgan fingerprint density at radius 1 is 1.23 bits per heavy atom. The molecule has 1 aromatic heterocycles. The predicted octanol–water partition coefficient (Wildman–Crippen LogP) is 3.02. The third-order valence-corrected chi connectivity index (χ3v) is 3.83. The van der Waals surface area contributed by atoms with E-state index < -0.39 is 18.5 Å². The van der Waals surface area contributed by atoms with Crippen LogP contribution in [0.15, 0.2) is 55.1 Å². The summed E-state index contributed by atoms with van der Waals surface area (Å²) in [7, 11) is 0. The molecule has 0 saturated heterocycles. The van der Waals surface area contributed by atoms with Gasteiger partial charge in [-0.25, -0.2) is 14.5 Å². The van der Waals surface area contributed by atoms with Gasteiger partial charge in [-0.3, -0.25) is 4.79 Å². The minimum absolute atomic E-state index is 0.420. The standard InChI is InChI=1S/C18H15ClN4O3/c1-12-4-2-3-5-14(12)18(25)26-9-17(24)22-15-8-13(19)6-7-16(15)23-11-20-10-21-23/h2-8,10-11H,9H2,1H3,(H,22,24). The predicted molar refractivity (Wildman–Crippen MR) is 96.5 cm³/mol. The number of hydrogen-bond donors (Lipinski definition) is 1. The van der Waals surface area contributed by atoms with Gasteiger partial charge in [-0.1, -0.05) is 29.8 Å². The minimum atomic E-state index is -0.555. The van der Waals surface area contributed by atoms with Crippen molar-refractivity contribution in [3.05, 3.63) is 71.3 Å². The number of carbonyl (C=O) groups excluding carboxylic acids is 2. The van der Waals surface area contributed by atoms with Crippen LogP contribution in [0.5, 0.6) is 0 Å².